The molecule has 2 aromatic heterocycles. The Morgan fingerprint density at radius 3 is 2.71 bits per heavy atom. The summed E-state index contributed by atoms with van der Waals surface area (Å²) in [5, 5.41) is 10.7. The van der Waals surface area contributed by atoms with E-state index < -0.39 is 5.97 Å². The van der Waals surface area contributed by atoms with Crippen molar-refractivity contribution in [3.8, 4) is 11.3 Å². The summed E-state index contributed by atoms with van der Waals surface area (Å²) < 4.78 is 2.88. The van der Waals surface area contributed by atoms with E-state index in [1.807, 2.05) is 40.2 Å². The highest BCUT2D eigenvalue weighted by molar-refractivity contribution is 9.10. The van der Waals surface area contributed by atoms with Crippen LogP contribution >= 0.6 is 39.7 Å². The third-order valence-electron chi connectivity index (χ3n) is 2.80. The molecular formula is C14H10BrClN2O2S. The molecular weight excluding hydrogens is 376 g/mol. The van der Waals surface area contributed by atoms with Gasteiger partial charge in [0.25, 0.3) is 0 Å². The Bertz CT molecular complexity index is 808. The van der Waals surface area contributed by atoms with Gasteiger partial charge in [0.2, 0.25) is 0 Å². The first kappa shape index (κ1) is 15.8. The maximum Gasteiger partial charge on any atom is 0.328 e. The van der Waals surface area contributed by atoms with Crippen molar-refractivity contribution in [3.63, 3.8) is 0 Å². The van der Waals surface area contributed by atoms with Crippen LogP contribution in [0.2, 0.25) is 0 Å². The number of thiazole rings is 1. The van der Waals surface area contributed by atoms with E-state index in [4.69, 9.17) is 5.11 Å². The van der Waals surface area contributed by atoms with E-state index in [1.54, 1.807) is 6.08 Å². The van der Waals surface area contributed by atoms with E-state index in [0.29, 0.717) is 0 Å². The van der Waals surface area contributed by atoms with Crippen molar-refractivity contribution >= 4 is 56.7 Å². The average Bonchev–Trinajstić information content (AvgIpc) is 2.98. The summed E-state index contributed by atoms with van der Waals surface area (Å²) in [7, 11) is 0. The standard InChI is InChI=1S/C14H9BrN2O2S.ClH/c15-10-3-1-9(2-4-10)13-11(5-6-12(18)19)17-7-8-20-14(17)16-13;/h1-8H,(H,18,19);1H. The molecule has 0 atom stereocenters. The predicted octanol–water partition coefficient (Wildman–Crippen LogP) is 4.34. The highest BCUT2D eigenvalue weighted by Crippen LogP contribution is 2.28. The first-order valence-electron chi connectivity index (χ1n) is 5.77. The fourth-order valence-electron chi connectivity index (χ4n) is 1.93. The molecule has 21 heavy (non-hydrogen) atoms. The minimum atomic E-state index is -0.975. The molecule has 0 bridgehead atoms. The van der Waals surface area contributed by atoms with Gasteiger partial charge >= 0.3 is 5.97 Å². The van der Waals surface area contributed by atoms with Crippen LogP contribution in [0.5, 0.6) is 0 Å². The number of carbonyl (C=O) groups is 1. The second-order valence-electron chi connectivity index (χ2n) is 4.08. The number of carboxylic acids is 1. The Morgan fingerprint density at radius 2 is 2.05 bits per heavy atom. The summed E-state index contributed by atoms with van der Waals surface area (Å²) in [5.41, 5.74) is 2.50. The summed E-state index contributed by atoms with van der Waals surface area (Å²) in [6, 6.07) is 7.78. The number of benzene rings is 1. The molecule has 108 valence electrons. The van der Waals surface area contributed by atoms with E-state index in [-0.39, 0.29) is 12.4 Å². The Balaban J connectivity index is 0.00000161. The number of imidazole rings is 1. The van der Waals surface area contributed by atoms with Crippen LogP contribution in [0.3, 0.4) is 0 Å². The summed E-state index contributed by atoms with van der Waals surface area (Å²) >= 11 is 4.91. The van der Waals surface area contributed by atoms with Crippen molar-refractivity contribution in [2.24, 2.45) is 0 Å². The molecule has 1 aromatic carbocycles. The molecule has 3 aromatic rings. The third-order valence-corrected chi connectivity index (χ3v) is 4.09. The van der Waals surface area contributed by atoms with Crippen molar-refractivity contribution in [1.82, 2.24) is 9.38 Å². The molecule has 0 aliphatic rings. The predicted molar refractivity (Wildman–Crippen MR) is 90.1 cm³/mol. The summed E-state index contributed by atoms with van der Waals surface area (Å²) in [4.78, 5) is 16.2. The smallest absolute Gasteiger partial charge is 0.328 e. The quantitative estimate of drug-likeness (QED) is 0.682. The molecule has 7 heteroatoms. The number of halogens is 2. The second kappa shape index (κ2) is 6.43. The van der Waals surface area contributed by atoms with Gasteiger partial charge in [-0.2, -0.15) is 0 Å². The zero-order valence-electron chi connectivity index (χ0n) is 10.6. The van der Waals surface area contributed by atoms with Crippen LogP contribution < -0.4 is 0 Å². The van der Waals surface area contributed by atoms with E-state index in [1.165, 1.54) is 11.3 Å². The van der Waals surface area contributed by atoms with Crippen LogP contribution in [0.1, 0.15) is 5.69 Å². The molecule has 0 fully saturated rings. The molecule has 0 radical (unpaired) electrons. The maximum atomic E-state index is 10.7. The van der Waals surface area contributed by atoms with Gasteiger partial charge in [0, 0.05) is 27.7 Å². The average molecular weight is 386 g/mol. The first-order chi connectivity index (χ1) is 9.65. The number of aromatic nitrogens is 2. The number of hydrogen-bond donors (Lipinski definition) is 1. The fraction of sp³-hybridized carbons (Fsp3) is 0. The summed E-state index contributed by atoms with van der Waals surface area (Å²) in [6.07, 6.45) is 4.59. The summed E-state index contributed by atoms with van der Waals surface area (Å²) in [5.74, 6) is -0.975. The van der Waals surface area contributed by atoms with Gasteiger partial charge in [-0.1, -0.05) is 28.1 Å². The van der Waals surface area contributed by atoms with Crippen LogP contribution in [0.25, 0.3) is 22.3 Å². The number of hydrogen-bond acceptors (Lipinski definition) is 3. The SMILES string of the molecule is Cl.O=C(O)C=Cc1c(-c2ccc(Br)cc2)nc2sccn12. The zero-order valence-corrected chi connectivity index (χ0v) is 13.8. The molecule has 1 N–H and O–H groups in total. The zero-order chi connectivity index (χ0) is 14.1. The number of rotatable bonds is 3. The van der Waals surface area contributed by atoms with Crippen LogP contribution in [0.15, 0.2) is 46.4 Å². The van der Waals surface area contributed by atoms with Crippen molar-refractivity contribution in [2.45, 2.75) is 0 Å². The first-order valence-corrected chi connectivity index (χ1v) is 7.45. The van der Waals surface area contributed by atoms with E-state index in [9.17, 15) is 4.79 Å². The largest absolute Gasteiger partial charge is 0.478 e. The van der Waals surface area contributed by atoms with E-state index >= 15 is 0 Å². The maximum absolute atomic E-state index is 10.7. The van der Waals surface area contributed by atoms with Crippen molar-refractivity contribution in [3.05, 3.63) is 52.1 Å². The molecule has 2 heterocycles. The van der Waals surface area contributed by atoms with E-state index in [0.717, 1.165) is 32.5 Å². The number of aliphatic carboxylic acids is 1. The monoisotopic (exact) mass is 384 g/mol. The van der Waals surface area contributed by atoms with Crippen molar-refractivity contribution < 1.29 is 9.90 Å². The van der Waals surface area contributed by atoms with Gasteiger partial charge in [-0.25, -0.2) is 9.78 Å². The molecule has 0 saturated carbocycles. The van der Waals surface area contributed by atoms with E-state index in [2.05, 4.69) is 20.9 Å². The van der Waals surface area contributed by atoms with Gasteiger partial charge in [-0.3, -0.25) is 4.40 Å². The van der Waals surface area contributed by atoms with Crippen LogP contribution in [-0.4, -0.2) is 20.5 Å². The lowest BCUT2D eigenvalue weighted by Crippen LogP contribution is -1.89. The number of fused-ring (bicyclic) bond motifs is 1. The number of nitrogens with zero attached hydrogens (tertiary/aromatic N) is 2. The molecule has 0 saturated heterocycles. The molecule has 0 unspecified atom stereocenters. The minimum Gasteiger partial charge on any atom is -0.478 e. The Morgan fingerprint density at radius 1 is 1.33 bits per heavy atom. The molecule has 0 spiro atoms. The topological polar surface area (TPSA) is 54.6 Å². The number of carboxylic acid groups (broad SMARTS) is 1. The van der Waals surface area contributed by atoms with Crippen LogP contribution in [0.4, 0.5) is 0 Å². The van der Waals surface area contributed by atoms with Crippen LogP contribution in [0, 0.1) is 0 Å². The second-order valence-corrected chi connectivity index (χ2v) is 5.87. The third kappa shape index (κ3) is 3.18. The molecule has 4 nitrogen and oxygen atoms in total. The fourth-order valence-corrected chi connectivity index (χ4v) is 2.92. The Kier molecular flexibility index (Phi) is 4.82. The minimum absolute atomic E-state index is 0. The molecule has 0 amide bonds. The molecule has 0 aliphatic heterocycles. The van der Waals surface area contributed by atoms with Gasteiger partial charge in [-0.05, 0) is 18.2 Å². The van der Waals surface area contributed by atoms with Gasteiger partial charge < -0.3 is 5.11 Å². The lowest BCUT2D eigenvalue weighted by atomic mass is 10.1. The van der Waals surface area contributed by atoms with Crippen molar-refractivity contribution in [1.29, 1.82) is 0 Å². The molecule has 3 rings (SSSR count). The van der Waals surface area contributed by atoms with Crippen molar-refractivity contribution in [2.75, 3.05) is 0 Å². The molecule has 0 aliphatic carbocycles. The Hall–Kier alpha value is -1.63. The highest BCUT2D eigenvalue weighted by atomic mass is 79.9. The highest BCUT2D eigenvalue weighted by Gasteiger charge is 2.12. The summed E-state index contributed by atoms with van der Waals surface area (Å²) in [6.45, 7) is 0. The Labute approximate surface area is 139 Å². The lowest BCUT2D eigenvalue weighted by molar-refractivity contribution is -0.131. The normalized spacial score (nSPS) is 10.9. The van der Waals surface area contributed by atoms with Gasteiger partial charge in [0.05, 0.1) is 11.4 Å². The van der Waals surface area contributed by atoms with Gasteiger partial charge in [0.15, 0.2) is 4.96 Å². The lowest BCUT2D eigenvalue weighted by Gasteiger charge is -2.00. The van der Waals surface area contributed by atoms with Crippen LogP contribution in [-0.2, 0) is 4.79 Å². The van der Waals surface area contributed by atoms with Gasteiger partial charge in [-0.15, -0.1) is 23.7 Å². The van der Waals surface area contributed by atoms with Gasteiger partial charge in [0.1, 0.15) is 0 Å².